The van der Waals surface area contributed by atoms with Gasteiger partial charge in [-0.2, -0.15) is 0 Å². The summed E-state index contributed by atoms with van der Waals surface area (Å²) in [6.45, 7) is 1.86. The molecule has 0 saturated heterocycles. The maximum absolute atomic E-state index is 14.1. The minimum atomic E-state index is -0.664. The van der Waals surface area contributed by atoms with Crippen LogP contribution in [0, 0.1) is 18.6 Å². The summed E-state index contributed by atoms with van der Waals surface area (Å²) < 4.78 is 33.0. The van der Waals surface area contributed by atoms with Crippen molar-refractivity contribution in [2.75, 3.05) is 7.11 Å². The van der Waals surface area contributed by atoms with Gasteiger partial charge < -0.3 is 4.74 Å². The van der Waals surface area contributed by atoms with E-state index in [2.05, 4.69) is 15.9 Å². The van der Waals surface area contributed by atoms with Gasteiger partial charge in [0.05, 0.1) is 11.9 Å². The van der Waals surface area contributed by atoms with Gasteiger partial charge in [-0.1, -0.05) is 33.6 Å². The third-order valence-corrected chi connectivity index (χ3v) is 4.24. The van der Waals surface area contributed by atoms with Gasteiger partial charge in [0.15, 0.2) is 0 Å². The molecule has 0 heterocycles. The Morgan fingerprint density at radius 3 is 2.30 bits per heavy atom. The molecule has 0 aliphatic heterocycles. The highest BCUT2D eigenvalue weighted by atomic mass is 79.9. The molecule has 2 aromatic rings. The number of methoxy groups -OCH3 is 1. The Labute approximate surface area is 129 Å². The Balaban J connectivity index is 2.53. The predicted octanol–water partition coefficient (Wildman–Crippen LogP) is 5.42. The first kappa shape index (κ1) is 15.3. The number of aryl methyl sites for hydroxylation is 1. The van der Waals surface area contributed by atoms with Crippen LogP contribution in [0.1, 0.15) is 21.5 Å². The fraction of sp³-hybridized carbons (Fsp3) is 0.200. The highest BCUT2D eigenvalue weighted by molar-refractivity contribution is 9.09. The van der Waals surface area contributed by atoms with Gasteiger partial charge in [-0.3, -0.25) is 0 Å². The molecule has 0 aliphatic rings. The van der Waals surface area contributed by atoms with Gasteiger partial charge >= 0.3 is 0 Å². The molecule has 0 aliphatic carbocycles. The molecule has 0 spiro atoms. The van der Waals surface area contributed by atoms with Crippen molar-refractivity contribution in [1.29, 1.82) is 0 Å². The largest absolute Gasteiger partial charge is 0.497 e. The summed E-state index contributed by atoms with van der Waals surface area (Å²) in [5, 5.41) is 0.518. The zero-order chi connectivity index (χ0) is 14.9. The molecule has 0 radical (unpaired) electrons. The third-order valence-electron chi connectivity index (χ3n) is 3.06. The maximum atomic E-state index is 14.1. The number of rotatable bonds is 3. The first-order chi connectivity index (χ1) is 9.43. The monoisotopic (exact) mass is 360 g/mol. The fourth-order valence-electron chi connectivity index (χ4n) is 1.96. The summed E-state index contributed by atoms with van der Waals surface area (Å²) >= 11 is 9.30. The molecular weight excluding hydrogens is 350 g/mol. The van der Waals surface area contributed by atoms with Crippen LogP contribution in [0.25, 0.3) is 0 Å². The summed E-state index contributed by atoms with van der Waals surface area (Å²) in [6, 6.07) is 7.56. The van der Waals surface area contributed by atoms with Gasteiger partial charge in [0.25, 0.3) is 0 Å². The summed E-state index contributed by atoms with van der Waals surface area (Å²) in [7, 11) is 1.36. The van der Waals surface area contributed by atoms with Gasteiger partial charge in [-0.25, -0.2) is 8.78 Å². The van der Waals surface area contributed by atoms with Crippen LogP contribution in [0.2, 0.25) is 5.02 Å². The molecular formula is C15H12BrClF2O. The second-order valence-corrected chi connectivity index (χ2v) is 5.72. The van der Waals surface area contributed by atoms with E-state index in [0.717, 1.165) is 23.3 Å². The van der Waals surface area contributed by atoms with E-state index in [-0.39, 0.29) is 11.3 Å². The molecule has 0 N–H and O–H groups in total. The van der Waals surface area contributed by atoms with Crippen molar-refractivity contribution < 1.29 is 13.5 Å². The van der Waals surface area contributed by atoms with Crippen LogP contribution in [0.5, 0.6) is 5.75 Å². The Morgan fingerprint density at radius 2 is 1.75 bits per heavy atom. The lowest BCUT2D eigenvalue weighted by Crippen LogP contribution is -2.03. The molecule has 2 rings (SSSR count). The SMILES string of the molecule is COc1cc(F)c(C(Br)c2cc(Cl)ccc2C)c(F)c1. The van der Waals surface area contributed by atoms with Crippen LogP contribution in [0.4, 0.5) is 8.78 Å². The van der Waals surface area contributed by atoms with Crippen LogP contribution in [0.3, 0.4) is 0 Å². The Morgan fingerprint density at radius 1 is 1.15 bits per heavy atom. The molecule has 0 saturated carbocycles. The molecule has 1 nitrogen and oxygen atoms in total. The molecule has 0 amide bonds. The van der Waals surface area contributed by atoms with E-state index in [1.165, 1.54) is 7.11 Å². The topological polar surface area (TPSA) is 9.23 Å². The highest BCUT2D eigenvalue weighted by Crippen LogP contribution is 2.38. The van der Waals surface area contributed by atoms with Gasteiger partial charge in [0.1, 0.15) is 17.4 Å². The highest BCUT2D eigenvalue weighted by Gasteiger charge is 2.22. The molecule has 20 heavy (non-hydrogen) atoms. The maximum Gasteiger partial charge on any atom is 0.134 e. The zero-order valence-electron chi connectivity index (χ0n) is 10.9. The summed E-state index contributed by atoms with van der Waals surface area (Å²) in [6.07, 6.45) is 0. The smallest absolute Gasteiger partial charge is 0.134 e. The van der Waals surface area contributed by atoms with Crippen LogP contribution < -0.4 is 4.74 Å². The fourth-order valence-corrected chi connectivity index (χ4v) is 3.07. The lowest BCUT2D eigenvalue weighted by molar-refractivity contribution is 0.405. The van der Waals surface area contributed by atoms with Gasteiger partial charge in [0, 0.05) is 22.7 Å². The summed E-state index contributed by atoms with van der Waals surface area (Å²) in [5.41, 5.74) is 1.56. The molecule has 0 bridgehead atoms. The van der Waals surface area contributed by atoms with Crippen molar-refractivity contribution in [3.63, 3.8) is 0 Å². The zero-order valence-corrected chi connectivity index (χ0v) is 13.2. The average molecular weight is 362 g/mol. The van der Waals surface area contributed by atoms with E-state index >= 15 is 0 Å². The van der Waals surface area contributed by atoms with Gasteiger partial charge in [0.2, 0.25) is 0 Å². The minimum Gasteiger partial charge on any atom is -0.497 e. The molecule has 106 valence electrons. The van der Waals surface area contributed by atoms with Crippen LogP contribution in [-0.4, -0.2) is 7.11 Å². The Kier molecular flexibility index (Phi) is 4.66. The standard InChI is InChI=1S/C15H12BrClF2O/c1-8-3-4-9(17)5-11(8)15(16)14-12(18)6-10(20-2)7-13(14)19/h3-7,15H,1-2H3. The molecule has 5 heteroatoms. The van der Waals surface area contributed by atoms with Crippen molar-refractivity contribution >= 4 is 27.5 Å². The van der Waals surface area contributed by atoms with E-state index < -0.39 is 16.5 Å². The van der Waals surface area contributed by atoms with Crippen LogP contribution >= 0.6 is 27.5 Å². The molecule has 1 unspecified atom stereocenters. The number of benzene rings is 2. The van der Waals surface area contributed by atoms with Crippen LogP contribution in [0.15, 0.2) is 30.3 Å². The first-order valence-corrected chi connectivity index (χ1v) is 7.16. The number of halogens is 4. The second kappa shape index (κ2) is 6.10. The predicted molar refractivity (Wildman–Crippen MR) is 79.9 cm³/mol. The van der Waals surface area contributed by atoms with Crippen molar-refractivity contribution in [2.45, 2.75) is 11.8 Å². The molecule has 0 aromatic heterocycles. The van der Waals surface area contributed by atoms with Crippen molar-refractivity contribution in [2.24, 2.45) is 0 Å². The lowest BCUT2D eigenvalue weighted by Gasteiger charge is -2.16. The van der Waals surface area contributed by atoms with Crippen LogP contribution in [-0.2, 0) is 0 Å². The lowest BCUT2D eigenvalue weighted by atomic mass is 9.99. The Hall–Kier alpha value is -1.13. The van der Waals surface area contributed by atoms with Crippen molar-refractivity contribution in [1.82, 2.24) is 0 Å². The minimum absolute atomic E-state index is 0.0591. The molecule has 0 fully saturated rings. The van der Waals surface area contributed by atoms with Crippen molar-refractivity contribution in [3.8, 4) is 5.75 Å². The van der Waals surface area contributed by atoms with Gasteiger partial charge in [-0.15, -0.1) is 0 Å². The molecule has 2 aromatic carbocycles. The van der Waals surface area contributed by atoms with Crippen molar-refractivity contribution in [3.05, 3.63) is 63.7 Å². The second-order valence-electron chi connectivity index (χ2n) is 4.37. The number of hydrogen-bond acceptors (Lipinski definition) is 1. The number of hydrogen-bond donors (Lipinski definition) is 0. The van der Waals surface area contributed by atoms with E-state index in [1.807, 2.05) is 13.0 Å². The van der Waals surface area contributed by atoms with E-state index in [4.69, 9.17) is 16.3 Å². The van der Waals surface area contributed by atoms with Gasteiger partial charge in [-0.05, 0) is 30.2 Å². The quantitative estimate of drug-likeness (QED) is 0.663. The number of alkyl halides is 1. The van der Waals surface area contributed by atoms with E-state index in [9.17, 15) is 8.78 Å². The first-order valence-electron chi connectivity index (χ1n) is 5.87. The summed E-state index contributed by atoms with van der Waals surface area (Å²) in [5.74, 6) is -1.18. The number of ether oxygens (including phenoxy) is 1. The summed E-state index contributed by atoms with van der Waals surface area (Å²) in [4.78, 5) is -0.618. The normalized spacial score (nSPS) is 12.3. The molecule has 1 atom stereocenters. The average Bonchev–Trinajstić information content (AvgIpc) is 2.40. The Bertz CT molecular complexity index is 623. The van der Waals surface area contributed by atoms with E-state index in [0.29, 0.717) is 5.02 Å². The van der Waals surface area contributed by atoms with E-state index in [1.54, 1.807) is 12.1 Å². The third kappa shape index (κ3) is 2.96.